The molecule has 133 valence electrons. The standard InChI is InChI=1S/C16H22F3N4O/c1-15(2)8-11(9-16(3,4)23(15)24)22(5)21-20-14-12(18)6-10(17)7-13(14)19/h6-7,11H,8-9H2,1-5H3. The number of rotatable bonds is 3. The summed E-state index contributed by atoms with van der Waals surface area (Å²) in [4.78, 5) is 0. The van der Waals surface area contributed by atoms with Crippen molar-refractivity contribution in [1.29, 1.82) is 0 Å². The highest BCUT2D eigenvalue weighted by Crippen LogP contribution is 2.39. The third kappa shape index (κ3) is 3.70. The van der Waals surface area contributed by atoms with E-state index < -0.39 is 34.2 Å². The Kier molecular flexibility index (Phi) is 4.92. The van der Waals surface area contributed by atoms with Crippen molar-refractivity contribution in [2.24, 2.45) is 10.3 Å². The van der Waals surface area contributed by atoms with E-state index in [1.165, 1.54) is 5.01 Å². The summed E-state index contributed by atoms with van der Waals surface area (Å²) in [5.41, 5.74) is -1.83. The highest BCUT2D eigenvalue weighted by Gasteiger charge is 2.47. The minimum atomic E-state index is -1.11. The molecule has 0 saturated carbocycles. The molecule has 0 atom stereocenters. The molecule has 1 aromatic carbocycles. The van der Waals surface area contributed by atoms with Gasteiger partial charge < -0.3 is 0 Å². The molecule has 1 saturated heterocycles. The van der Waals surface area contributed by atoms with Crippen LogP contribution in [0.4, 0.5) is 18.9 Å². The second kappa shape index (κ2) is 6.33. The highest BCUT2D eigenvalue weighted by atomic mass is 19.1. The highest BCUT2D eigenvalue weighted by molar-refractivity contribution is 5.39. The molecule has 1 aromatic rings. The van der Waals surface area contributed by atoms with E-state index in [2.05, 4.69) is 10.3 Å². The van der Waals surface area contributed by atoms with Gasteiger partial charge >= 0.3 is 0 Å². The monoisotopic (exact) mass is 343 g/mol. The van der Waals surface area contributed by atoms with Crippen LogP contribution in [-0.4, -0.2) is 34.2 Å². The molecule has 2 rings (SSSR count). The minimum absolute atomic E-state index is 0.115. The number of hydroxylamine groups is 2. The molecule has 0 aromatic heterocycles. The molecule has 0 N–H and O–H groups in total. The molecule has 0 spiro atoms. The van der Waals surface area contributed by atoms with Crippen molar-refractivity contribution >= 4 is 5.69 Å². The Labute approximate surface area is 139 Å². The molecule has 24 heavy (non-hydrogen) atoms. The summed E-state index contributed by atoms with van der Waals surface area (Å²) in [5, 5.41) is 22.4. The number of hydrogen-bond donors (Lipinski definition) is 0. The van der Waals surface area contributed by atoms with E-state index >= 15 is 0 Å². The zero-order valence-electron chi connectivity index (χ0n) is 14.5. The maximum atomic E-state index is 13.6. The van der Waals surface area contributed by atoms with E-state index in [4.69, 9.17) is 0 Å². The molecule has 0 amide bonds. The lowest BCUT2D eigenvalue weighted by Gasteiger charge is -2.51. The number of halogens is 3. The maximum absolute atomic E-state index is 13.6. The molecule has 5 nitrogen and oxygen atoms in total. The summed E-state index contributed by atoms with van der Waals surface area (Å²) in [6.45, 7) is 7.38. The first kappa shape index (κ1) is 18.7. The van der Waals surface area contributed by atoms with Crippen LogP contribution in [-0.2, 0) is 5.21 Å². The average molecular weight is 343 g/mol. The normalized spacial score (nSPS) is 21.4. The second-order valence-electron chi connectivity index (χ2n) is 7.46. The van der Waals surface area contributed by atoms with Crippen LogP contribution in [0, 0.1) is 17.5 Å². The Morgan fingerprint density at radius 1 is 1.08 bits per heavy atom. The summed E-state index contributed by atoms with van der Waals surface area (Å²) in [7, 11) is 1.64. The molecule has 0 aliphatic carbocycles. The summed E-state index contributed by atoms with van der Waals surface area (Å²) in [6.07, 6.45) is 1.06. The summed E-state index contributed by atoms with van der Waals surface area (Å²) >= 11 is 0. The first-order valence-electron chi connectivity index (χ1n) is 7.70. The lowest BCUT2D eigenvalue weighted by atomic mass is 9.79. The molecule has 0 bridgehead atoms. The van der Waals surface area contributed by atoms with Gasteiger partial charge in [-0.15, -0.1) is 15.4 Å². The van der Waals surface area contributed by atoms with Gasteiger partial charge in [0.25, 0.3) is 0 Å². The van der Waals surface area contributed by atoms with Gasteiger partial charge in [-0.3, -0.25) is 5.01 Å². The van der Waals surface area contributed by atoms with Crippen LogP contribution >= 0.6 is 0 Å². The molecule has 1 aliphatic heterocycles. The van der Waals surface area contributed by atoms with Gasteiger partial charge in [0.15, 0.2) is 17.3 Å². The van der Waals surface area contributed by atoms with E-state index in [1.807, 2.05) is 27.7 Å². The zero-order valence-corrected chi connectivity index (χ0v) is 14.5. The first-order valence-corrected chi connectivity index (χ1v) is 7.70. The van der Waals surface area contributed by atoms with Crippen LogP contribution < -0.4 is 0 Å². The first-order chi connectivity index (χ1) is 10.9. The van der Waals surface area contributed by atoms with Crippen molar-refractivity contribution in [3.63, 3.8) is 0 Å². The quantitative estimate of drug-likeness (QED) is 0.603. The molecular weight excluding hydrogens is 321 g/mol. The van der Waals surface area contributed by atoms with Crippen LogP contribution in [0.3, 0.4) is 0 Å². The van der Waals surface area contributed by atoms with E-state index in [9.17, 15) is 18.4 Å². The van der Waals surface area contributed by atoms with Gasteiger partial charge in [-0.2, -0.15) is 0 Å². The van der Waals surface area contributed by atoms with Crippen LogP contribution in [0.2, 0.25) is 0 Å². The van der Waals surface area contributed by atoms with E-state index in [1.54, 1.807) is 7.05 Å². The van der Waals surface area contributed by atoms with Crippen molar-refractivity contribution in [2.45, 2.75) is 57.7 Å². The SMILES string of the molecule is CN(N=Nc1c(F)cc(F)cc1F)C1CC(C)(C)N([O])C(C)(C)C1. The summed E-state index contributed by atoms with van der Waals surface area (Å²) in [5.74, 6) is -3.23. The van der Waals surface area contributed by atoms with Crippen molar-refractivity contribution in [3.05, 3.63) is 29.6 Å². The largest absolute Gasteiger partial charge is 0.278 e. The maximum Gasteiger partial charge on any atom is 0.159 e. The van der Waals surface area contributed by atoms with Crippen LogP contribution in [0.1, 0.15) is 40.5 Å². The van der Waals surface area contributed by atoms with Crippen molar-refractivity contribution < 1.29 is 18.4 Å². The number of hydrogen-bond acceptors (Lipinski definition) is 3. The molecule has 1 aliphatic rings. The summed E-state index contributed by atoms with van der Waals surface area (Å²) in [6, 6.07) is 0.995. The number of benzene rings is 1. The van der Waals surface area contributed by atoms with E-state index in [-0.39, 0.29) is 6.04 Å². The van der Waals surface area contributed by atoms with Crippen molar-refractivity contribution in [2.75, 3.05) is 7.05 Å². The Morgan fingerprint density at radius 3 is 2.00 bits per heavy atom. The van der Waals surface area contributed by atoms with Crippen molar-refractivity contribution in [3.8, 4) is 0 Å². The molecule has 0 unspecified atom stereocenters. The van der Waals surface area contributed by atoms with Gasteiger partial charge in [0, 0.05) is 30.3 Å². The Hall–Kier alpha value is -1.67. The number of piperidine rings is 1. The van der Waals surface area contributed by atoms with E-state index in [0.29, 0.717) is 25.0 Å². The fourth-order valence-electron chi connectivity index (χ4n) is 3.29. The van der Waals surface area contributed by atoms with Gasteiger partial charge in [-0.05, 0) is 40.5 Å². The topological polar surface area (TPSA) is 51.1 Å². The lowest BCUT2D eigenvalue weighted by Crippen LogP contribution is -2.61. The zero-order chi connectivity index (χ0) is 18.3. The van der Waals surface area contributed by atoms with Gasteiger partial charge in [0.1, 0.15) is 5.82 Å². The fourth-order valence-corrected chi connectivity index (χ4v) is 3.29. The molecular formula is C16H22F3N4O. The Morgan fingerprint density at radius 2 is 1.54 bits per heavy atom. The third-order valence-corrected chi connectivity index (χ3v) is 4.37. The van der Waals surface area contributed by atoms with Gasteiger partial charge in [-0.1, -0.05) is 5.22 Å². The van der Waals surface area contributed by atoms with Gasteiger partial charge in [0.05, 0.1) is 6.04 Å². The van der Waals surface area contributed by atoms with Gasteiger partial charge in [0.2, 0.25) is 0 Å². The van der Waals surface area contributed by atoms with E-state index in [0.717, 1.165) is 5.06 Å². The molecule has 1 fully saturated rings. The second-order valence-corrected chi connectivity index (χ2v) is 7.46. The molecule has 8 heteroatoms. The predicted molar refractivity (Wildman–Crippen MR) is 82.3 cm³/mol. The third-order valence-electron chi connectivity index (χ3n) is 4.37. The fraction of sp³-hybridized carbons (Fsp3) is 0.625. The number of nitrogens with zero attached hydrogens (tertiary/aromatic N) is 4. The van der Waals surface area contributed by atoms with Crippen LogP contribution in [0.15, 0.2) is 22.5 Å². The smallest absolute Gasteiger partial charge is 0.159 e. The average Bonchev–Trinajstić information content (AvgIpc) is 2.42. The van der Waals surface area contributed by atoms with Crippen LogP contribution in [0.5, 0.6) is 0 Å². The Balaban J connectivity index is 2.20. The predicted octanol–water partition coefficient (Wildman–Crippen LogP) is 4.40. The van der Waals surface area contributed by atoms with Gasteiger partial charge in [-0.25, -0.2) is 13.2 Å². The molecule has 1 heterocycles. The lowest BCUT2D eigenvalue weighted by molar-refractivity contribution is -0.294. The van der Waals surface area contributed by atoms with Crippen molar-refractivity contribution in [1.82, 2.24) is 10.1 Å². The Bertz CT molecular complexity index is 607. The minimum Gasteiger partial charge on any atom is -0.278 e. The summed E-state index contributed by atoms with van der Waals surface area (Å²) < 4.78 is 40.1. The van der Waals surface area contributed by atoms with Crippen LogP contribution in [0.25, 0.3) is 0 Å². The molecule has 1 radical (unpaired) electrons.